The highest BCUT2D eigenvalue weighted by molar-refractivity contribution is 4.93. The molecule has 0 radical (unpaired) electrons. The summed E-state index contributed by atoms with van der Waals surface area (Å²) >= 11 is 0. The van der Waals surface area contributed by atoms with Crippen LogP contribution in [-0.4, -0.2) is 61.7 Å². The van der Waals surface area contributed by atoms with E-state index in [1.54, 1.807) is 0 Å². The molecule has 1 unspecified atom stereocenters. The Morgan fingerprint density at radius 3 is 2.50 bits per heavy atom. The molecule has 1 heterocycles. The zero-order chi connectivity index (χ0) is 12.3. The van der Waals surface area contributed by atoms with E-state index in [0.29, 0.717) is 6.04 Å². The Kier molecular flexibility index (Phi) is 4.77. The quantitative estimate of drug-likeness (QED) is 0.780. The number of hydrogen-bond donors (Lipinski definition) is 1. The van der Waals surface area contributed by atoms with Crippen LogP contribution >= 0.6 is 0 Å². The summed E-state index contributed by atoms with van der Waals surface area (Å²) in [6.07, 6.45) is 0. The van der Waals surface area contributed by atoms with Crippen molar-refractivity contribution in [2.24, 2.45) is 5.92 Å². The van der Waals surface area contributed by atoms with Crippen molar-refractivity contribution in [2.45, 2.75) is 39.3 Å². The van der Waals surface area contributed by atoms with Gasteiger partial charge < -0.3 is 10.2 Å². The highest BCUT2D eigenvalue weighted by atomic mass is 15.3. The number of rotatable bonds is 4. The fourth-order valence-electron chi connectivity index (χ4n) is 2.42. The summed E-state index contributed by atoms with van der Waals surface area (Å²) < 4.78 is 0. The lowest BCUT2D eigenvalue weighted by Crippen LogP contribution is -2.63. The van der Waals surface area contributed by atoms with E-state index in [-0.39, 0.29) is 5.54 Å². The van der Waals surface area contributed by atoms with Crippen LogP contribution in [0.25, 0.3) is 0 Å². The van der Waals surface area contributed by atoms with Crippen molar-refractivity contribution < 1.29 is 0 Å². The molecule has 0 amide bonds. The predicted molar refractivity (Wildman–Crippen MR) is 70.8 cm³/mol. The van der Waals surface area contributed by atoms with Crippen LogP contribution in [0.15, 0.2) is 0 Å². The Hall–Kier alpha value is -0.120. The van der Waals surface area contributed by atoms with Crippen LogP contribution in [-0.2, 0) is 0 Å². The fourth-order valence-corrected chi connectivity index (χ4v) is 2.42. The van der Waals surface area contributed by atoms with Gasteiger partial charge in [0, 0.05) is 37.8 Å². The first-order valence-corrected chi connectivity index (χ1v) is 6.45. The summed E-state index contributed by atoms with van der Waals surface area (Å²) in [4.78, 5) is 4.92. The molecule has 96 valence electrons. The zero-order valence-corrected chi connectivity index (χ0v) is 11.9. The molecule has 1 rings (SSSR count). The molecule has 0 saturated carbocycles. The summed E-state index contributed by atoms with van der Waals surface area (Å²) in [6, 6.07) is 0.688. The highest BCUT2D eigenvalue weighted by Gasteiger charge is 2.33. The predicted octanol–water partition coefficient (Wildman–Crippen LogP) is 1.26. The molecule has 0 aromatic heterocycles. The van der Waals surface area contributed by atoms with Crippen LogP contribution in [0.1, 0.15) is 27.7 Å². The van der Waals surface area contributed by atoms with Gasteiger partial charge in [-0.25, -0.2) is 0 Å². The second kappa shape index (κ2) is 5.48. The SMILES string of the molecule is CC(C)C1CNC(C)(C)CN1CCN(C)C. The van der Waals surface area contributed by atoms with Crippen molar-refractivity contribution in [1.29, 1.82) is 0 Å². The number of nitrogens with zero attached hydrogens (tertiary/aromatic N) is 2. The van der Waals surface area contributed by atoms with E-state index in [1.165, 1.54) is 6.54 Å². The van der Waals surface area contributed by atoms with Crippen LogP contribution in [0.3, 0.4) is 0 Å². The minimum atomic E-state index is 0.262. The molecule has 1 N–H and O–H groups in total. The maximum absolute atomic E-state index is 3.65. The molecule has 3 nitrogen and oxygen atoms in total. The second-order valence-electron chi connectivity index (χ2n) is 6.35. The minimum absolute atomic E-state index is 0.262. The molecule has 0 aliphatic carbocycles. The Labute approximate surface area is 101 Å². The maximum Gasteiger partial charge on any atom is 0.0252 e. The molecule has 1 aliphatic heterocycles. The molecule has 0 spiro atoms. The van der Waals surface area contributed by atoms with Gasteiger partial charge in [-0.1, -0.05) is 13.8 Å². The topological polar surface area (TPSA) is 18.5 Å². The molecular formula is C13H29N3. The number of likely N-dealkylation sites (N-methyl/N-ethyl adjacent to an activating group) is 1. The Morgan fingerprint density at radius 1 is 1.38 bits per heavy atom. The Morgan fingerprint density at radius 2 is 2.00 bits per heavy atom. The first-order valence-electron chi connectivity index (χ1n) is 6.45. The minimum Gasteiger partial charge on any atom is -0.309 e. The number of nitrogens with one attached hydrogen (secondary N) is 1. The van der Waals surface area contributed by atoms with Gasteiger partial charge in [-0.15, -0.1) is 0 Å². The lowest BCUT2D eigenvalue weighted by molar-refractivity contribution is 0.0639. The van der Waals surface area contributed by atoms with Gasteiger partial charge in [-0.05, 0) is 33.9 Å². The van der Waals surface area contributed by atoms with Gasteiger partial charge in [0.2, 0.25) is 0 Å². The van der Waals surface area contributed by atoms with Crippen LogP contribution in [0.2, 0.25) is 0 Å². The van der Waals surface area contributed by atoms with E-state index >= 15 is 0 Å². The summed E-state index contributed by atoms with van der Waals surface area (Å²) in [6.45, 7) is 13.9. The van der Waals surface area contributed by atoms with Gasteiger partial charge in [0.15, 0.2) is 0 Å². The van der Waals surface area contributed by atoms with Crippen molar-refractivity contribution in [3.8, 4) is 0 Å². The van der Waals surface area contributed by atoms with E-state index in [4.69, 9.17) is 0 Å². The molecule has 16 heavy (non-hydrogen) atoms. The van der Waals surface area contributed by atoms with E-state index < -0.39 is 0 Å². The monoisotopic (exact) mass is 227 g/mol. The third-order valence-electron chi connectivity index (χ3n) is 3.46. The lowest BCUT2D eigenvalue weighted by atomic mass is 9.93. The largest absolute Gasteiger partial charge is 0.309 e. The maximum atomic E-state index is 3.65. The Balaban J connectivity index is 2.57. The average Bonchev–Trinajstić information content (AvgIpc) is 2.12. The van der Waals surface area contributed by atoms with Crippen molar-refractivity contribution in [3.63, 3.8) is 0 Å². The van der Waals surface area contributed by atoms with Crippen LogP contribution < -0.4 is 5.32 Å². The summed E-state index contributed by atoms with van der Waals surface area (Å²) in [5.74, 6) is 0.728. The van der Waals surface area contributed by atoms with Gasteiger partial charge in [-0.2, -0.15) is 0 Å². The van der Waals surface area contributed by atoms with Gasteiger partial charge >= 0.3 is 0 Å². The van der Waals surface area contributed by atoms with Crippen molar-refractivity contribution in [2.75, 3.05) is 40.3 Å². The molecule has 3 heteroatoms. The molecule has 0 bridgehead atoms. The van der Waals surface area contributed by atoms with Gasteiger partial charge in [-0.3, -0.25) is 4.90 Å². The number of hydrogen-bond acceptors (Lipinski definition) is 3. The highest BCUT2D eigenvalue weighted by Crippen LogP contribution is 2.19. The summed E-state index contributed by atoms with van der Waals surface area (Å²) in [7, 11) is 4.30. The van der Waals surface area contributed by atoms with Crippen molar-refractivity contribution >= 4 is 0 Å². The van der Waals surface area contributed by atoms with E-state index in [0.717, 1.165) is 25.6 Å². The summed E-state index contributed by atoms with van der Waals surface area (Å²) in [5.41, 5.74) is 0.262. The first kappa shape index (κ1) is 13.9. The van der Waals surface area contributed by atoms with E-state index in [2.05, 4.69) is 56.9 Å². The van der Waals surface area contributed by atoms with Crippen molar-refractivity contribution in [3.05, 3.63) is 0 Å². The molecule has 1 aliphatic rings. The molecular weight excluding hydrogens is 198 g/mol. The molecule has 1 fully saturated rings. The lowest BCUT2D eigenvalue weighted by Gasteiger charge is -2.46. The standard InChI is InChI=1S/C13H29N3/c1-11(2)12-9-14-13(3,4)10-16(12)8-7-15(5)6/h11-12,14H,7-10H2,1-6H3. The molecule has 0 aromatic rings. The normalized spacial score (nSPS) is 26.6. The second-order valence-corrected chi connectivity index (χ2v) is 6.35. The van der Waals surface area contributed by atoms with Crippen molar-refractivity contribution in [1.82, 2.24) is 15.1 Å². The van der Waals surface area contributed by atoms with Gasteiger partial charge in [0.1, 0.15) is 0 Å². The van der Waals surface area contributed by atoms with Crippen LogP contribution in [0.5, 0.6) is 0 Å². The third-order valence-corrected chi connectivity index (χ3v) is 3.46. The third kappa shape index (κ3) is 4.04. The molecule has 1 saturated heterocycles. The molecule has 1 atom stereocenters. The average molecular weight is 227 g/mol. The van der Waals surface area contributed by atoms with Crippen LogP contribution in [0, 0.1) is 5.92 Å². The summed E-state index contributed by atoms with van der Waals surface area (Å²) in [5, 5.41) is 3.65. The van der Waals surface area contributed by atoms with E-state index in [1.807, 2.05) is 0 Å². The van der Waals surface area contributed by atoms with E-state index in [9.17, 15) is 0 Å². The Bertz CT molecular complexity index is 211. The van der Waals surface area contributed by atoms with Crippen LogP contribution in [0.4, 0.5) is 0 Å². The molecule has 0 aromatic carbocycles. The zero-order valence-electron chi connectivity index (χ0n) is 11.9. The first-order chi connectivity index (χ1) is 7.32. The van der Waals surface area contributed by atoms with Gasteiger partial charge in [0.25, 0.3) is 0 Å². The fraction of sp³-hybridized carbons (Fsp3) is 1.00. The smallest absolute Gasteiger partial charge is 0.0252 e. The number of piperazine rings is 1. The van der Waals surface area contributed by atoms with Gasteiger partial charge in [0.05, 0.1) is 0 Å².